The molecule has 1 heterocycles. The van der Waals surface area contributed by atoms with Crippen molar-refractivity contribution in [2.75, 3.05) is 19.8 Å². The summed E-state index contributed by atoms with van der Waals surface area (Å²) in [6.07, 6.45) is 4.13. The van der Waals surface area contributed by atoms with E-state index in [9.17, 15) is 9.90 Å². The van der Waals surface area contributed by atoms with E-state index < -0.39 is 12.3 Å². The van der Waals surface area contributed by atoms with E-state index in [1.54, 1.807) is 6.08 Å². The number of aliphatic hydroxyl groups excluding tert-OH is 1. The fourth-order valence-corrected chi connectivity index (χ4v) is 3.01. The Hall–Kier alpha value is -2.11. The van der Waals surface area contributed by atoms with Crippen LogP contribution in [0, 0.1) is 5.92 Å². The van der Waals surface area contributed by atoms with Gasteiger partial charge in [-0.05, 0) is 31.4 Å². The number of ether oxygens (including phenoxy) is 3. The van der Waals surface area contributed by atoms with Crippen molar-refractivity contribution in [1.82, 2.24) is 0 Å². The van der Waals surface area contributed by atoms with Crippen molar-refractivity contribution in [3.05, 3.63) is 60.4 Å². The van der Waals surface area contributed by atoms with E-state index >= 15 is 0 Å². The van der Waals surface area contributed by atoms with Gasteiger partial charge in [0.25, 0.3) is 0 Å². The number of carbonyl (C=O) groups excluding carboxylic acids is 1. The van der Waals surface area contributed by atoms with Gasteiger partial charge in [-0.1, -0.05) is 43.0 Å². The molecule has 3 atom stereocenters. The van der Waals surface area contributed by atoms with Gasteiger partial charge in [-0.25, -0.2) is 4.79 Å². The molecule has 0 aliphatic carbocycles. The third-order valence-electron chi connectivity index (χ3n) is 4.13. The predicted octanol–water partition coefficient (Wildman–Crippen LogP) is 3.16. The van der Waals surface area contributed by atoms with Gasteiger partial charge in [0.1, 0.15) is 6.61 Å². The van der Waals surface area contributed by atoms with Gasteiger partial charge in [0.05, 0.1) is 0 Å². The van der Waals surface area contributed by atoms with Gasteiger partial charge < -0.3 is 19.3 Å². The highest BCUT2D eigenvalue weighted by Crippen LogP contribution is 2.39. The van der Waals surface area contributed by atoms with E-state index in [2.05, 4.69) is 6.58 Å². The first-order valence-electron chi connectivity index (χ1n) is 8.65. The molecule has 0 saturated heterocycles. The third-order valence-corrected chi connectivity index (χ3v) is 4.13. The molecule has 0 radical (unpaired) electrons. The molecule has 1 aliphatic rings. The third kappa shape index (κ3) is 5.18. The van der Waals surface area contributed by atoms with Crippen LogP contribution in [0.1, 0.15) is 31.2 Å². The van der Waals surface area contributed by atoms with E-state index in [-0.39, 0.29) is 30.8 Å². The fourth-order valence-electron chi connectivity index (χ4n) is 3.01. The molecule has 2 rings (SSSR count). The lowest BCUT2D eigenvalue weighted by Gasteiger charge is -2.36. The number of allylic oxidation sites excluding steroid dienone is 1. The summed E-state index contributed by atoms with van der Waals surface area (Å²) in [5, 5.41) is 9.23. The number of carbonyl (C=O) groups is 1. The molecule has 0 unspecified atom stereocenters. The second-order valence-corrected chi connectivity index (χ2v) is 5.83. The number of hydrogen-bond donors (Lipinski definition) is 1. The van der Waals surface area contributed by atoms with Crippen molar-refractivity contribution in [2.24, 2.45) is 5.92 Å². The fraction of sp³-hybridized carbons (Fsp3) is 0.450. The van der Waals surface area contributed by atoms with E-state index in [4.69, 9.17) is 14.2 Å². The summed E-state index contributed by atoms with van der Waals surface area (Å²) in [6, 6.07) is 9.93. The maximum atomic E-state index is 12.2. The highest BCUT2D eigenvalue weighted by molar-refractivity contribution is 5.86. The van der Waals surface area contributed by atoms with Gasteiger partial charge in [0.2, 0.25) is 12.0 Å². The lowest BCUT2D eigenvalue weighted by atomic mass is 9.80. The van der Waals surface area contributed by atoms with Crippen LogP contribution in [0.25, 0.3) is 0 Å². The van der Waals surface area contributed by atoms with Crippen molar-refractivity contribution in [3.8, 4) is 0 Å². The van der Waals surface area contributed by atoms with Gasteiger partial charge in [0, 0.05) is 25.0 Å². The highest BCUT2D eigenvalue weighted by Gasteiger charge is 2.38. The molecule has 0 bridgehead atoms. The molecule has 1 aromatic rings. The van der Waals surface area contributed by atoms with Crippen LogP contribution < -0.4 is 0 Å². The van der Waals surface area contributed by atoms with Crippen LogP contribution in [0.5, 0.6) is 0 Å². The van der Waals surface area contributed by atoms with E-state index in [0.29, 0.717) is 13.0 Å². The van der Waals surface area contributed by atoms with Crippen LogP contribution in [0.3, 0.4) is 0 Å². The minimum atomic E-state index is -0.557. The second kappa shape index (κ2) is 10.0. The first-order chi connectivity index (χ1) is 12.2. The Bertz CT molecular complexity index is 581. The van der Waals surface area contributed by atoms with Gasteiger partial charge in [-0.2, -0.15) is 0 Å². The minimum absolute atomic E-state index is 0.00505. The Labute approximate surface area is 148 Å². The van der Waals surface area contributed by atoms with Crippen LogP contribution in [0.2, 0.25) is 0 Å². The average molecular weight is 346 g/mol. The highest BCUT2D eigenvalue weighted by atomic mass is 16.7. The Morgan fingerprint density at radius 3 is 2.76 bits per heavy atom. The summed E-state index contributed by atoms with van der Waals surface area (Å²) >= 11 is 0. The number of rotatable bonds is 9. The number of aliphatic hydroxyl groups is 1. The molecular formula is C20H26O5. The van der Waals surface area contributed by atoms with Crippen LogP contribution >= 0.6 is 0 Å². The predicted molar refractivity (Wildman–Crippen MR) is 94.7 cm³/mol. The molecule has 1 aromatic carbocycles. The molecule has 1 N–H and O–H groups in total. The van der Waals surface area contributed by atoms with Crippen molar-refractivity contribution >= 4 is 5.97 Å². The Balaban J connectivity index is 2.34. The van der Waals surface area contributed by atoms with Gasteiger partial charge >= 0.3 is 5.97 Å². The Morgan fingerprint density at radius 2 is 2.12 bits per heavy atom. The molecule has 25 heavy (non-hydrogen) atoms. The summed E-state index contributed by atoms with van der Waals surface area (Å²) in [5.74, 6) is -0.407. The van der Waals surface area contributed by atoms with E-state index in [0.717, 1.165) is 12.0 Å². The number of hydrogen-bond acceptors (Lipinski definition) is 5. The molecule has 0 amide bonds. The van der Waals surface area contributed by atoms with E-state index in [1.807, 2.05) is 37.3 Å². The van der Waals surface area contributed by atoms with Gasteiger partial charge in [-0.15, -0.1) is 0 Å². The summed E-state index contributed by atoms with van der Waals surface area (Å²) in [6.45, 7) is 6.13. The van der Waals surface area contributed by atoms with Crippen molar-refractivity contribution in [1.29, 1.82) is 0 Å². The zero-order valence-corrected chi connectivity index (χ0v) is 14.6. The monoisotopic (exact) mass is 346 g/mol. The molecular weight excluding hydrogens is 320 g/mol. The Morgan fingerprint density at radius 1 is 1.36 bits per heavy atom. The van der Waals surface area contributed by atoms with Crippen LogP contribution in [0.4, 0.5) is 0 Å². The molecule has 0 fully saturated rings. The standard InChI is InChI=1S/C20H26O5/c1-3-13-24-19(22)18-14-17(15-9-6-5-7-10-15)16(11-8-12-21)20(25-18)23-4-2/h3,5-7,9-10,14,16-17,20-21H,1,4,8,11-13H2,2H3/t16-,17+,20+/m0/s1. The lowest BCUT2D eigenvalue weighted by Crippen LogP contribution is -2.36. The molecule has 136 valence electrons. The zero-order chi connectivity index (χ0) is 18.1. The summed E-state index contributed by atoms with van der Waals surface area (Å²) in [5.41, 5.74) is 1.08. The molecule has 1 aliphatic heterocycles. The van der Waals surface area contributed by atoms with Crippen LogP contribution in [0.15, 0.2) is 54.8 Å². The average Bonchev–Trinajstić information content (AvgIpc) is 2.65. The largest absolute Gasteiger partial charge is 0.457 e. The van der Waals surface area contributed by atoms with Crippen molar-refractivity contribution in [3.63, 3.8) is 0 Å². The summed E-state index contributed by atoms with van der Waals surface area (Å²) in [7, 11) is 0. The van der Waals surface area contributed by atoms with E-state index in [1.165, 1.54) is 6.08 Å². The normalized spacial score (nSPS) is 22.6. The van der Waals surface area contributed by atoms with Gasteiger partial charge in [0.15, 0.2) is 0 Å². The first-order valence-corrected chi connectivity index (χ1v) is 8.65. The Kier molecular flexibility index (Phi) is 7.70. The first kappa shape index (κ1) is 19.2. The molecule has 0 saturated carbocycles. The zero-order valence-electron chi connectivity index (χ0n) is 14.6. The maximum Gasteiger partial charge on any atom is 0.373 e. The molecule has 0 aromatic heterocycles. The lowest BCUT2D eigenvalue weighted by molar-refractivity contribution is -0.175. The summed E-state index contributed by atoms with van der Waals surface area (Å²) in [4.78, 5) is 12.2. The van der Waals surface area contributed by atoms with Crippen molar-refractivity contribution in [2.45, 2.75) is 32.0 Å². The molecule has 0 spiro atoms. The summed E-state index contributed by atoms with van der Waals surface area (Å²) < 4.78 is 16.7. The topological polar surface area (TPSA) is 65.0 Å². The second-order valence-electron chi connectivity index (χ2n) is 5.83. The van der Waals surface area contributed by atoms with Crippen LogP contribution in [-0.2, 0) is 19.0 Å². The smallest absolute Gasteiger partial charge is 0.373 e. The van der Waals surface area contributed by atoms with Gasteiger partial charge in [-0.3, -0.25) is 0 Å². The van der Waals surface area contributed by atoms with Crippen molar-refractivity contribution < 1.29 is 24.1 Å². The quantitative estimate of drug-likeness (QED) is 0.550. The SMILES string of the molecule is C=CCOC(=O)C1=C[C@H](c2ccccc2)[C@H](CCCO)[C@H](OCC)O1. The number of esters is 1. The molecule has 5 nitrogen and oxygen atoms in total. The molecule has 5 heteroatoms. The minimum Gasteiger partial charge on any atom is -0.457 e. The number of benzene rings is 1. The maximum absolute atomic E-state index is 12.2. The van der Waals surface area contributed by atoms with Crippen LogP contribution in [-0.4, -0.2) is 37.2 Å².